The predicted octanol–water partition coefficient (Wildman–Crippen LogP) is 7.20. The molecule has 2 aromatic carbocycles. The molecule has 0 unspecified atom stereocenters. The molecular formula is C25H23F3N2. The highest BCUT2D eigenvalue weighted by Crippen LogP contribution is 2.40. The Bertz CT molecular complexity index is 1240. The van der Waals surface area contributed by atoms with Gasteiger partial charge in [-0.3, -0.25) is 9.97 Å². The average Bonchev–Trinajstić information content (AvgIpc) is 2.65. The van der Waals surface area contributed by atoms with Crippen molar-refractivity contribution in [2.45, 2.75) is 40.3 Å². The third-order valence-electron chi connectivity index (χ3n) is 5.56. The molecule has 0 amide bonds. The van der Waals surface area contributed by atoms with Crippen LogP contribution >= 0.6 is 0 Å². The van der Waals surface area contributed by atoms with E-state index < -0.39 is 11.6 Å². The zero-order valence-corrected chi connectivity index (χ0v) is 17.4. The summed E-state index contributed by atoms with van der Waals surface area (Å²) in [5.41, 5.74) is 3.58. The van der Waals surface area contributed by atoms with Crippen molar-refractivity contribution >= 4 is 21.7 Å². The van der Waals surface area contributed by atoms with Crippen LogP contribution in [-0.4, -0.2) is 16.1 Å². The van der Waals surface area contributed by atoms with E-state index in [0.717, 1.165) is 27.4 Å². The molecule has 0 bridgehead atoms. The molecule has 0 N–H and O–H groups in total. The van der Waals surface area contributed by atoms with Crippen molar-refractivity contribution in [2.75, 3.05) is 0 Å². The molecule has 0 saturated heterocycles. The maximum absolute atomic E-state index is 13.3. The molecule has 2 aromatic heterocycles. The molecule has 0 saturated carbocycles. The Hall–Kier alpha value is -2.95. The second-order valence-electron chi connectivity index (χ2n) is 8.62. The van der Waals surface area contributed by atoms with Crippen molar-refractivity contribution in [3.8, 4) is 11.3 Å². The third kappa shape index (κ3) is 3.64. The summed E-state index contributed by atoms with van der Waals surface area (Å²) in [6.45, 7) is 6.54. The number of nitrogens with zero attached hydrogens (tertiary/aromatic N) is 2. The lowest BCUT2D eigenvalue weighted by atomic mass is 9.86. The summed E-state index contributed by atoms with van der Waals surface area (Å²) in [6.07, 6.45) is -2.66. The number of fused-ring (bicyclic) bond motifs is 3. The SMILES string of the molecule is Cc1cc(C)cc(-c2nccc3c2ccc2nc(CC(C)(C)C(F)(F)F)ccc23)c1. The molecule has 5 heteroatoms. The highest BCUT2D eigenvalue weighted by molar-refractivity contribution is 6.10. The molecule has 2 nitrogen and oxygen atoms in total. The van der Waals surface area contributed by atoms with E-state index >= 15 is 0 Å². The quantitative estimate of drug-likeness (QED) is 0.335. The number of aromatic nitrogens is 2. The highest BCUT2D eigenvalue weighted by atomic mass is 19.4. The molecule has 0 aliphatic rings. The number of rotatable bonds is 3. The summed E-state index contributed by atoms with van der Waals surface area (Å²) in [5, 5.41) is 2.90. The topological polar surface area (TPSA) is 25.8 Å². The molecule has 154 valence electrons. The molecule has 2 heterocycles. The minimum Gasteiger partial charge on any atom is -0.256 e. The first kappa shape index (κ1) is 20.3. The predicted molar refractivity (Wildman–Crippen MR) is 115 cm³/mol. The Morgan fingerprint density at radius 3 is 2.13 bits per heavy atom. The van der Waals surface area contributed by atoms with Gasteiger partial charge in [-0.25, -0.2) is 0 Å². The molecule has 4 rings (SSSR count). The summed E-state index contributed by atoms with van der Waals surface area (Å²) < 4.78 is 39.8. The van der Waals surface area contributed by atoms with Gasteiger partial charge < -0.3 is 0 Å². The Morgan fingerprint density at radius 1 is 0.800 bits per heavy atom. The molecule has 4 aromatic rings. The third-order valence-corrected chi connectivity index (χ3v) is 5.56. The van der Waals surface area contributed by atoms with Gasteiger partial charge in [0.25, 0.3) is 0 Å². The van der Waals surface area contributed by atoms with Crippen molar-refractivity contribution in [1.82, 2.24) is 9.97 Å². The standard InChI is InChI=1S/C25H23F3N2/c1-15-11-16(2)13-17(12-15)23-21-7-8-22-20(19(21)9-10-29-23)6-5-18(30-22)14-24(3,4)25(26,27)28/h5-13H,14H2,1-4H3. The van der Waals surface area contributed by atoms with Gasteiger partial charge >= 0.3 is 6.18 Å². The average molecular weight is 408 g/mol. The molecular weight excluding hydrogens is 385 g/mol. The Morgan fingerprint density at radius 2 is 1.47 bits per heavy atom. The molecule has 0 spiro atoms. The molecule has 0 radical (unpaired) electrons. The van der Waals surface area contributed by atoms with E-state index in [2.05, 4.69) is 42.0 Å². The van der Waals surface area contributed by atoms with E-state index in [1.807, 2.05) is 24.3 Å². The smallest absolute Gasteiger partial charge is 0.256 e. The summed E-state index contributed by atoms with van der Waals surface area (Å²) in [7, 11) is 0. The van der Waals surface area contributed by atoms with Crippen LogP contribution < -0.4 is 0 Å². The van der Waals surface area contributed by atoms with Gasteiger partial charge in [0.15, 0.2) is 0 Å². The number of hydrogen-bond donors (Lipinski definition) is 0. The van der Waals surface area contributed by atoms with Gasteiger partial charge in [0, 0.05) is 34.6 Å². The van der Waals surface area contributed by atoms with Crippen LogP contribution in [-0.2, 0) is 6.42 Å². The van der Waals surface area contributed by atoms with Crippen molar-refractivity contribution < 1.29 is 13.2 Å². The molecule has 0 aliphatic heterocycles. The number of alkyl halides is 3. The lowest BCUT2D eigenvalue weighted by molar-refractivity contribution is -0.211. The fourth-order valence-corrected chi connectivity index (χ4v) is 3.90. The van der Waals surface area contributed by atoms with Gasteiger partial charge in [-0.2, -0.15) is 13.2 Å². The number of halogens is 3. The number of hydrogen-bond acceptors (Lipinski definition) is 2. The first-order valence-electron chi connectivity index (χ1n) is 9.88. The summed E-state index contributed by atoms with van der Waals surface area (Å²) >= 11 is 0. The van der Waals surface area contributed by atoms with E-state index in [0.29, 0.717) is 11.2 Å². The number of aryl methyl sites for hydroxylation is 2. The maximum atomic E-state index is 13.3. The van der Waals surface area contributed by atoms with Crippen LogP contribution in [0, 0.1) is 19.3 Å². The van der Waals surface area contributed by atoms with E-state index in [-0.39, 0.29) is 6.42 Å². The Labute approximate surface area is 173 Å². The van der Waals surface area contributed by atoms with Gasteiger partial charge in [-0.05, 0) is 55.6 Å². The Kier molecular flexibility index (Phi) is 4.80. The largest absolute Gasteiger partial charge is 0.394 e. The Balaban J connectivity index is 1.83. The normalized spacial score (nSPS) is 12.6. The molecule has 30 heavy (non-hydrogen) atoms. The van der Waals surface area contributed by atoms with Gasteiger partial charge in [0.05, 0.1) is 16.6 Å². The van der Waals surface area contributed by atoms with E-state index in [1.165, 1.54) is 25.0 Å². The number of pyridine rings is 2. The summed E-state index contributed by atoms with van der Waals surface area (Å²) in [6, 6.07) is 15.7. The van der Waals surface area contributed by atoms with Crippen molar-refractivity contribution in [3.63, 3.8) is 0 Å². The fourth-order valence-electron chi connectivity index (χ4n) is 3.90. The van der Waals surface area contributed by atoms with Gasteiger partial charge in [0.2, 0.25) is 0 Å². The monoisotopic (exact) mass is 408 g/mol. The van der Waals surface area contributed by atoms with E-state index in [9.17, 15) is 13.2 Å². The summed E-state index contributed by atoms with van der Waals surface area (Å²) in [5.74, 6) is 0. The van der Waals surface area contributed by atoms with Crippen molar-refractivity contribution in [2.24, 2.45) is 5.41 Å². The number of benzene rings is 2. The van der Waals surface area contributed by atoms with Crippen LogP contribution in [0.5, 0.6) is 0 Å². The lowest BCUT2D eigenvalue weighted by Crippen LogP contribution is -2.34. The zero-order valence-electron chi connectivity index (χ0n) is 17.4. The fraction of sp³-hybridized carbons (Fsp3) is 0.280. The maximum Gasteiger partial charge on any atom is 0.394 e. The van der Waals surface area contributed by atoms with Crippen LogP contribution in [0.2, 0.25) is 0 Å². The van der Waals surface area contributed by atoms with Crippen molar-refractivity contribution in [1.29, 1.82) is 0 Å². The minimum absolute atomic E-state index is 0.158. The summed E-state index contributed by atoms with van der Waals surface area (Å²) in [4.78, 5) is 9.15. The van der Waals surface area contributed by atoms with Crippen LogP contribution in [0.1, 0.15) is 30.7 Å². The highest BCUT2D eigenvalue weighted by Gasteiger charge is 2.47. The second-order valence-corrected chi connectivity index (χ2v) is 8.62. The molecule has 0 atom stereocenters. The van der Waals surface area contributed by atoms with Crippen LogP contribution in [0.25, 0.3) is 32.9 Å². The van der Waals surface area contributed by atoms with Gasteiger partial charge in [-0.15, -0.1) is 0 Å². The van der Waals surface area contributed by atoms with Crippen LogP contribution in [0.4, 0.5) is 13.2 Å². The van der Waals surface area contributed by atoms with Crippen LogP contribution in [0.3, 0.4) is 0 Å². The second kappa shape index (κ2) is 7.08. The van der Waals surface area contributed by atoms with Gasteiger partial charge in [-0.1, -0.05) is 37.1 Å². The molecule has 0 aliphatic carbocycles. The minimum atomic E-state index is -4.28. The first-order chi connectivity index (χ1) is 14.0. The van der Waals surface area contributed by atoms with Crippen LogP contribution in [0.15, 0.2) is 54.7 Å². The van der Waals surface area contributed by atoms with E-state index in [4.69, 9.17) is 0 Å². The first-order valence-corrected chi connectivity index (χ1v) is 9.88. The van der Waals surface area contributed by atoms with Crippen molar-refractivity contribution in [3.05, 3.63) is 71.5 Å². The zero-order chi connectivity index (χ0) is 21.7. The lowest BCUT2D eigenvalue weighted by Gasteiger charge is -2.27. The molecule has 0 fully saturated rings. The van der Waals surface area contributed by atoms with E-state index in [1.54, 1.807) is 12.3 Å². The van der Waals surface area contributed by atoms with Gasteiger partial charge in [0.1, 0.15) is 0 Å².